The van der Waals surface area contributed by atoms with Gasteiger partial charge in [-0.25, -0.2) is 0 Å². The maximum absolute atomic E-state index is 5.17. The average Bonchev–Trinajstić information content (AvgIpc) is 2.50. The lowest BCUT2D eigenvalue weighted by Crippen LogP contribution is -2.09. The van der Waals surface area contributed by atoms with Gasteiger partial charge in [-0.05, 0) is 35.9 Å². The van der Waals surface area contributed by atoms with Gasteiger partial charge in [0.25, 0.3) is 0 Å². The Hall–Kier alpha value is -1.29. The SMILES string of the molecule is COC(/C=C(\C)CSc1ccc2ccccc2c1)OC. The van der Waals surface area contributed by atoms with Crippen molar-refractivity contribution in [1.82, 2.24) is 0 Å². The van der Waals surface area contributed by atoms with E-state index < -0.39 is 0 Å². The minimum atomic E-state index is -0.257. The zero-order valence-corrected chi connectivity index (χ0v) is 12.9. The van der Waals surface area contributed by atoms with E-state index in [-0.39, 0.29) is 6.29 Å². The van der Waals surface area contributed by atoms with E-state index in [1.54, 1.807) is 14.2 Å². The first-order valence-corrected chi connectivity index (χ1v) is 7.56. The standard InChI is InChI=1S/C17H20O2S/c1-13(10-17(18-2)19-3)12-20-16-9-8-14-6-4-5-7-15(14)11-16/h4-11,17H,12H2,1-3H3/b13-10+. The molecular weight excluding hydrogens is 268 g/mol. The second kappa shape index (κ2) is 7.48. The molecule has 0 aromatic heterocycles. The van der Waals surface area contributed by atoms with Gasteiger partial charge < -0.3 is 9.47 Å². The van der Waals surface area contributed by atoms with Crippen molar-refractivity contribution in [2.24, 2.45) is 0 Å². The highest BCUT2D eigenvalue weighted by Gasteiger charge is 2.02. The number of thioether (sulfide) groups is 1. The summed E-state index contributed by atoms with van der Waals surface area (Å²) < 4.78 is 10.3. The van der Waals surface area contributed by atoms with Gasteiger partial charge in [-0.2, -0.15) is 0 Å². The van der Waals surface area contributed by atoms with Gasteiger partial charge in [-0.1, -0.05) is 35.9 Å². The highest BCUT2D eigenvalue weighted by molar-refractivity contribution is 7.99. The number of ether oxygens (including phenoxy) is 2. The maximum Gasteiger partial charge on any atom is 0.176 e. The zero-order chi connectivity index (χ0) is 14.4. The summed E-state index contributed by atoms with van der Waals surface area (Å²) in [7, 11) is 3.29. The Labute approximate surface area is 124 Å². The number of rotatable bonds is 6. The molecule has 0 unspecified atom stereocenters. The number of benzene rings is 2. The third-order valence-electron chi connectivity index (χ3n) is 3.07. The lowest BCUT2D eigenvalue weighted by molar-refractivity contribution is -0.0670. The summed E-state index contributed by atoms with van der Waals surface area (Å²) in [6, 6.07) is 15.0. The van der Waals surface area contributed by atoms with Crippen molar-refractivity contribution in [3.8, 4) is 0 Å². The fraction of sp³-hybridized carbons (Fsp3) is 0.294. The molecule has 0 radical (unpaired) electrons. The Bertz CT molecular complexity index is 588. The van der Waals surface area contributed by atoms with Crippen LogP contribution in [-0.2, 0) is 9.47 Å². The third-order valence-corrected chi connectivity index (χ3v) is 4.26. The molecule has 3 heteroatoms. The Morgan fingerprint density at radius 2 is 1.80 bits per heavy atom. The van der Waals surface area contributed by atoms with E-state index >= 15 is 0 Å². The molecule has 0 N–H and O–H groups in total. The molecule has 0 aliphatic rings. The lowest BCUT2D eigenvalue weighted by Gasteiger charge is -2.10. The fourth-order valence-corrected chi connectivity index (χ4v) is 2.83. The number of fused-ring (bicyclic) bond motifs is 1. The highest BCUT2D eigenvalue weighted by atomic mass is 32.2. The second-order valence-corrected chi connectivity index (χ2v) is 5.70. The van der Waals surface area contributed by atoms with Crippen LogP contribution in [0.15, 0.2) is 59.0 Å². The monoisotopic (exact) mass is 288 g/mol. The van der Waals surface area contributed by atoms with Crippen molar-refractivity contribution >= 4 is 22.5 Å². The second-order valence-electron chi connectivity index (χ2n) is 4.65. The van der Waals surface area contributed by atoms with E-state index in [0.29, 0.717) is 0 Å². The number of hydrogen-bond donors (Lipinski definition) is 0. The molecule has 0 aliphatic carbocycles. The van der Waals surface area contributed by atoms with Crippen LogP contribution < -0.4 is 0 Å². The van der Waals surface area contributed by atoms with Crippen LogP contribution >= 0.6 is 11.8 Å². The minimum Gasteiger partial charge on any atom is -0.352 e. The van der Waals surface area contributed by atoms with E-state index in [0.717, 1.165) is 5.75 Å². The van der Waals surface area contributed by atoms with Crippen LogP contribution in [0.3, 0.4) is 0 Å². The Morgan fingerprint density at radius 3 is 2.50 bits per heavy atom. The molecule has 0 spiro atoms. The Kier molecular flexibility index (Phi) is 5.65. The Morgan fingerprint density at radius 1 is 1.10 bits per heavy atom. The van der Waals surface area contributed by atoms with Crippen LogP contribution in [0.5, 0.6) is 0 Å². The predicted octanol–water partition coefficient (Wildman–Crippen LogP) is 4.50. The van der Waals surface area contributed by atoms with Crippen molar-refractivity contribution in [2.75, 3.05) is 20.0 Å². The van der Waals surface area contributed by atoms with E-state index in [1.807, 2.05) is 17.8 Å². The van der Waals surface area contributed by atoms with Gasteiger partial charge in [0.2, 0.25) is 0 Å². The van der Waals surface area contributed by atoms with Crippen molar-refractivity contribution in [3.63, 3.8) is 0 Å². The molecule has 0 amide bonds. The van der Waals surface area contributed by atoms with Crippen molar-refractivity contribution in [2.45, 2.75) is 18.1 Å². The van der Waals surface area contributed by atoms with Crippen LogP contribution in [0.25, 0.3) is 10.8 Å². The third kappa shape index (κ3) is 4.10. The van der Waals surface area contributed by atoms with Crippen molar-refractivity contribution in [1.29, 1.82) is 0 Å². The molecule has 20 heavy (non-hydrogen) atoms. The molecule has 2 aromatic carbocycles. The molecule has 2 aromatic rings. The van der Waals surface area contributed by atoms with E-state index in [1.165, 1.54) is 21.2 Å². The summed E-state index contributed by atoms with van der Waals surface area (Å²) in [6.45, 7) is 2.10. The zero-order valence-electron chi connectivity index (χ0n) is 12.1. The summed E-state index contributed by atoms with van der Waals surface area (Å²) in [5.41, 5.74) is 1.25. The van der Waals surface area contributed by atoms with Crippen LogP contribution in [0, 0.1) is 0 Å². The molecule has 2 nitrogen and oxygen atoms in total. The summed E-state index contributed by atoms with van der Waals surface area (Å²) in [6.07, 6.45) is 1.75. The summed E-state index contributed by atoms with van der Waals surface area (Å²) in [5, 5.41) is 2.56. The first kappa shape index (κ1) is 15.1. The molecular formula is C17H20O2S. The number of hydrogen-bond acceptors (Lipinski definition) is 3. The molecule has 0 bridgehead atoms. The van der Waals surface area contributed by atoms with Gasteiger partial charge >= 0.3 is 0 Å². The van der Waals surface area contributed by atoms with Crippen LogP contribution in [-0.4, -0.2) is 26.3 Å². The van der Waals surface area contributed by atoms with Crippen molar-refractivity contribution in [3.05, 3.63) is 54.1 Å². The minimum absolute atomic E-state index is 0.257. The van der Waals surface area contributed by atoms with Gasteiger partial charge in [0.1, 0.15) is 0 Å². The van der Waals surface area contributed by atoms with Gasteiger partial charge in [-0.15, -0.1) is 11.8 Å². The molecule has 0 saturated carbocycles. The number of methoxy groups -OCH3 is 2. The van der Waals surface area contributed by atoms with Gasteiger partial charge in [0.05, 0.1) is 0 Å². The van der Waals surface area contributed by atoms with E-state index in [9.17, 15) is 0 Å². The largest absolute Gasteiger partial charge is 0.352 e. The summed E-state index contributed by atoms with van der Waals surface area (Å²) >= 11 is 1.83. The average molecular weight is 288 g/mol. The molecule has 0 saturated heterocycles. The molecule has 106 valence electrons. The van der Waals surface area contributed by atoms with Crippen LogP contribution in [0.4, 0.5) is 0 Å². The van der Waals surface area contributed by atoms with E-state index in [4.69, 9.17) is 9.47 Å². The first-order valence-electron chi connectivity index (χ1n) is 6.57. The first-order chi connectivity index (χ1) is 9.72. The molecule has 2 rings (SSSR count). The normalized spacial score (nSPS) is 12.3. The summed E-state index contributed by atoms with van der Waals surface area (Å²) in [4.78, 5) is 1.28. The lowest BCUT2D eigenvalue weighted by atomic mass is 10.1. The topological polar surface area (TPSA) is 18.5 Å². The van der Waals surface area contributed by atoms with Gasteiger partial charge in [-0.3, -0.25) is 0 Å². The predicted molar refractivity (Wildman–Crippen MR) is 86.2 cm³/mol. The van der Waals surface area contributed by atoms with Crippen molar-refractivity contribution < 1.29 is 9.47 Å². The molecule has 0 heterocycles. The quantitative estimate of drug-likeness (QED) is 0.443. The molecule has 0 atom stereocenters. The van der Waals surface area contributed by atoms with Gasteiger partial charge in [0, 0.05) is 24.9 Å². The van der Waals surface area contributed by atoms with Crippen LogP contribution in [0.1, 0.15) is 6.92 Å². The van der Waals surface area contributed by atoms with Crippen LogP contribution in [0.2, 0.25) is 0 Å². The highest BCUT2D eigenvalue weighted by Crippen LogP contribution is 2.25. The Balaban J connectivity index is 2.02. The summed E-state index contributed by atoms with van der Waals surface area (Å²) in [5.74, 6) is 0.932. The fourth-order valence-electron chi connectivity index (χ4n) is 1.97. The smallest absolute Gasteiger partial charge is 0.176 e. The van der Waals surface area contributed by atoms with Gasteiger partial charge in [0.15, 0.2) is 6.29 Å². The molecule has 0 aliphatic heterocycles. The maximum atomic E-state index is 5.17. The van der Waals surface area contributed by atoms with E-state index in [2.05, 4.69) is 49.4 Å². The molecule has 0 fully saturated rings.